The fourth-order valence-electron chi connectivity index (χ4n) is 4.32. The Kier molecular flexibility index (Phi) is 5.59. The van der Waals surface area contributed by atoms with Crippen LogP contribution in [-0.2, 0) is 4.79 Å². The summed E-state index contributed by atoms with van der Waals surface area (Å²) in [5.74, 6) is 1.98. The van der Waals surface area contributed by atoms with Crippen molar-refractivity contribution in [3.8, 4) is 17.2 Å². The second-order valence-electron chi connectivity index (χ2n) is 7.66. The van der Waals surface area contributed by atoms with Crippen LogP contribution in [-0.4, -0.2) is 68.1 Å². The van der Waals surface area contributed by atoms with E-state index in [0.717, 1.165) is 25.7 Å². The van der Waals surface area contributed by atoms with E-state index >= 15 is 0 Å². The van der Waals surface area contributed by atoms with Crippen LogP contribution in [0.3, 0.4) is 0 Å². The molecule has 152 valence electrons. The second kappa shape index (κ2) is 8.29. The Bertz CT molecular complexity index is 719. The highest BCUT2D eigenvalue weighted by Crippen LogP contribution is 2.40. The minimum absolute atomic E-state index is 0.0694. The van der Waals surface area contributed by atoms with E-state index in [4.69, 9.17) is 14.2 Å². The number of ether oxygens (including phenoxy) is 3. The van der Waals surface area contributed by atoms with Gasteiger partial charge in [0, 0.05) is 37.7 Å². The topological polar surface area (TPSA) is 68.3 Å². The molecule has 4 rings (SSSR count). The van der Waals surface area contributed by atoms with Crippen molar-refractivity contribution in [3.05, 3.63) is 17.7 Å². The second-order valence-corrected chi connectivity index (χ2v) is 7.66. The summed E-state index contributed by atoms with van der Waals surface area (Å²) in [6, 6.07) is 3.42. The number of carbonyl (C=O) groups is 2. The summed E-state index contributed by atoms with van der Waals surface area (Å²) >= 11 is 0. The predicted molar refractivity (Wildman–Crippen MR) is 103 cm³/mol. The van der Waals surface area contributed by atoms with Crippen LogP contribution in [0.25, 0.3) is 0 Å². The fourth-order valence-corrected chi connectivity index (χ4v) is 4.32. The fraction of sp³-hybridized carbons (Fsp3) is 0.619. The van der Waals surface area contributed by atoms with E-state index in [1.54, 1.807) is 24.1 Å². The number of amides is 2. The molecule has 0 radical (unpaired) electrons. The molecule has 1 saturated carbocycles. The van der Waals surface area contributed by atoms with Gasteiger partial charge in [-0.1, -0.05) is 19.3 Å². The van der Waals surface area contributed by atoms with Gasteiger partial charge in [-0.15, -0.1) is 0 Å². The normalized spacial score (nSPS) is 20.0. The molecule has 28 heavy (non-hydrogen) atoms. The van der Waals surface area contributed by atoms with Gasteiger partial charge in [-0.3, -0.25) is 9.59 Å². The summed E-state index contributed by atoms with van der Waals surface area (Å²) in [4.78, 5) is 29.5. The van der Waals surface area contributed by atoms with Gasteiger partial charge in [-0.25, -0.2) is 0 Å². The van der Waals surface area contributed by atoms with Crippen molar-refractivity contribution < 1.29 is 23.8 Å². The van der Waals surface area contributed by atoms with Crippen LogP contribution in [0.4, 0.5) is 0 Å². The van der Waals surface area contributed by atoms with Crippen LogP contribution < -0.4 is 14.2 Å². The molecule has 0 unspecified atom stereocenters. The maximum atomic E-state index is 13.0. The molecule has 2 aliphatic heterocycles. The van der Waals surface area contributed by atoms with Crippen molar-refractivity contribution in [1.82, 2.24) is 9.80 Å². The number of carbonyl (C=O) groups excluding carboxylic acids is 2. The van der Waals surface area contributed by atoms with Crippen molar-refractivity contribution >= 4 is 11.8 Å². The molecule has 1 aromatic carbocycles. The van der Waals surface area contributed by atoms with Gasteiger partial charge in [0.05, 0.1) is 7.11 Å². The third kappa shape index (κ3) is 3.75. The summed E-state index contributed by atoms with van der Waals surface area (Å²) in [6.07, 6.45) is 5.57. The Morgan fingerprint density at radius 3 is 2.36 bits per heavy atom. The van der Waals surface area contributed by atoms with Crippen molar-refractivity contribution in [3.63, 3.8) is 0 Å². The first-order valence-corrected chi connectivity index (χ1v) is 10.2. The number of benzene rings is 1. The van der Waals surface area contributed by atoms with Gasteiger partial charge in [0.15, 0.2) is 11.5 Å². The molecular formula is C21H28N2O5. The van der Waals surface area contributed by atoms with Crippen LogP contribution >= 0.6 is 0 Å². The van der Waals surface area contributed by atoms with Gasteiger partial charge in [-0.05, 0) is 25.0 Å². The van der Waals surface area contributed by atoms with E-state index in [0.29, 0.717) is 62.2 Å². The number of rotatable bonds is 3. The molecule has 2 amide bonds. The number of nitrogens with zero attached hydrogens (tertiary/aromatic N) is 2. The lowest BCUT2D eigenvalue weighted by Gasteiger charge is -2.37. The zero-order valence-electron chi connectivity index (χ0n) is 16.4. The third-order valence-corrected chi connectivity index (χ3v) is 5.91. The molecule has 0 aromatic heterocycles. The molecular weight excluding hydrogens is 360 g/mol. The van der Waals surface area contributed by atoms with Gasteiger partial charge in [0.2, 0.25) is 11.7 Å². The molecule has 2 heterocycles. The molecule has 0 spiro atoms. The molecule has 0 atom stereocenters. The maximum Gasteiger partial charge on any atom is 0.254 e. The minimum Gasteiger partial charge on any atom is -0.493 e. The Labute approximate surface area is 165 Å². The first-order chi connectivity index (χ1) is 13.7. The Hall–Kier alpha value is -2.44. The van der Waals surface area contributed by atoms with Crippen LogP contribution in [0.15, 0.2) is 12.1 Å². The van der Waals surface area contributed by atoms with E-state index in [1.165, 1.54) is 6.42 Å². The third-order valence-electron chi connectivity index (χ3n) is 5.91. The molecule has 1 saturated heterocycles. The van der Waals surface area contributed by atoms with Gasteiger partial charge in [-0.2, -0.15) is 0 Å². The largest absolute Gasteiger partial charge is 0.493 e. The molecule has 3 aliphatic rings. The van der Waals surface area contributed by atoms with E-state index in [1.807, 2.05) is 4.90 Å². The van der Waals surface area contributed by atoms with Gasteiger partial charge >= 0.3 is 0 Å². The van der Waals surface area contributed by atoms with Crippen molar-refractivity contribution in [2.45, 2.75) is 32.1 Å². The van der Waals surface area contributed by atoms with Crippen LogP contribution in [0.2, 0.25) is 0 Å². The first kappa shape index (κ1) is 18.9. The molecule has 0 N–H and O–H groups in total. The standard InChI is InChI=1S/C21H28N2O5/c1-26-17-13-16(14-18-19(17)28-12-11-27-18)21(25)23-9-7-22(8-10-23)20(24)15-5-3-2-4-6-15/h13-15H,2-12H2,1H3. The summed E-state index contributed by atoms with van der Waals surface area (Å²) in [7, 11) is 1.55. The van der Waals surface area contributed by atoms with Crippen molar-refractivity contribution in [1.29, 1.82) is 0 Å². The van der Waals surface area contributed by atoms with Gasteiger partial charge in [0.25, 0.3) is 5.91 Å². The van der Waals surface area contributed by atoms with Crippen LogP contribution in [0.5, 0.6) is 17.2 Å². The lowest BCUT2D eigenvalue weighted by Crippen LogP contribution is -2.52. The highest BCUT2D eigenvalue weighted by Gasteiger charge is 2.31. The van der Waals surface area contributed by atoms with Crippen LogP contribution in [0.1, 0.15) is 42.5 Å². The average molecular weight is 388 g/mol. The minimum atomic E-state index is -0.0694. The highest BCUT2D eigenvalue weighted by molar-refractivity contribution is 5.96. The Morgan fingerprint density at radius 2 is 1.64 bits per heavy atom. The van der Waals surface area contributed by atoms with Crippen molar-refractivity contribution in [2.24, 2.45) is 5.92 Å². The molecule has 1 aliphatic carbocycles. The van der Waals surface area contributed by atoms with E-state index in [2.05, 4.69) is 0 Å². The Morgan fingerprint density at radius 1 is 0.964 bits per heavy atom. The average Bonchev–Trinajstić information content (AvgIpc) is 2.78. The lowest BCUT2D eigenvalue weighted by molar-refractivity contribution is -0.138. The van der Waals surface area contributed by atoms with Gasteiger partial charge in [0.1, 0.15) is 13.2 Å². The van der Waals surface area contributed by atoms with Crippen LogP contribution in [0, 0.1) is 5.92 Å². The quantitative estimate of drug-likeness (QED) is 0.795. The molecule has 0 bridgehead atoms. The number of methoxy groups -OCH3 is 1. The molecule has 1 aromatic rings. The lowest BCUT2D eigenvalue weighted by atomic mass is 9.88. The van der Waals surface area contributed by atoms with Gasteiger partial charge < -0.3 is 24.0 Å². The predicted octanol–water partition coefficient (Wildman–Crippen LogP) is 2.33. The zero-order valence-corrected chi connectivity index (χ0v) is 16.4. The van der Waals surface area contributed by atoms with E-state index in [-0.39, 0.29) is 17.7 Å². The summed E-state index contributed by atoms with van der Waals surface area (Å²) < 4.78 is 16.6. The maximum absolute atomic E-state index is 13.0. The summed E-state index contributed by atoms with van der Waals surface area (Å²) in [5.41, 5.74) is 0.521. The molecule has 2 fully saturated rings. The number of fused-ring (bicyclic) bond motifs is 1. The van der Waals surface area contributed by atoms with E-state index < -0.39 is 0 Å². The molecule has 7 nitrogen and oxygen atoms in total. The zero-order chi connectivity index (χ0) is 19.5. The van der Waals surface area contributed by atoms with Crippen molar-refractivity contribution in [2.75, 3.05) is 46.5 Å². The highest BCUT2D eigenvalue weighted by atomic mass is 16.6. The number of hydrogen-bond acceptors (Lipinski definition) is 5. The monoisotopic (exact) mass is 388 g/mol. The SMILES string of the molecule is COc1cc(C(=O)N2CCN(C(=O)C3CCCCC3)CC2)cc2c1OCCO2. The van der Waals surface area contributed by atoms with E-state index in [9.17, 15) is 9.59 Å². The number of piperazine rings is 1. The Balaban J connectivity index is 1.41. The first-order valence-electron chi connectivity index (χ1n) is 10.2. The smallest absolute Gasteiger partial charge is 0.254 e. The number of hydrogen-bond donors (Lipinski definition) is 0. The molecule has 7 heteroatoms. The summed E-state index contributed by atoms with van der Waals surface area (Å²) in [5, 5.41) is 0. The summed E-state index contributed by atoms with van der Waals surface area (Å²) in [6.45, 7) is 3.22.